The highest BCUT2D eigenvalue weighted by molar-refractivity contribution is 5.85. The molecule has 1 aromatic heterocycles. The summed E-state index contributed by atoms with van der Waals surface area (Å²) in [7, 11) is 0. The summed E-state index contributed by atoms with van der Waals surface area (Å²) in [6, 6.07) is 9.29. The van der Waals surface area contributed by atoms with Crippen LogP contribution < -0.4 is 21.9 Å². The minimum Gasteiger partial charge on any atom is -0.444 e. The molecule has 0 radical (unpaired) electrons. The number of alkyl carbamates (subject to hydrolysis) is 1. The van der Waals surface area contributed by atoms with Crippen molar-refractivity contribution in [2.75, 3.05) is 17.6 Å². The number of carbonyl (C=O) groups is 1. The summed E-state index contributed by atoms with van der Waals surface area (Å²) in [6.07, 6.45) is 3.89. The van der Waals surface area contributed by atoms with Crippen LogP contribution in [0, 0.1) is 0 Å². The van der Waals surface area contributed by atoms with E-state index in [1.807, 2.05) is 39.0 Å². The lowest BCUT2D eigenvalue weighted by Gasteiger charge is -2.20. The van der Waals surface area contributed by atoms with Crippen LogP contribution in [-0.4, -0.2) is 29.3 Å². The van der Waals surface area contributed by atoms with E-state index in [0.717, 1.165) is 30.5 Å². The molecular weight excluding hydrogens is 368 g/mol. The second kappa shape index (κ2) is 10.0. The molecule has 1 atom stereocenters. The van der Waals surface area contributed by atoms with Gasteiger partial charge in [0.05, 0.1) is 11.4 Å². The summed E-state index contributed by atoms with van der Waals surface area (Å²) < 4.78 is 5.22. The molecule has 0 fully saturated rings. The van der Waals surface area contributed by atoms with Gasteiger partial charge < -0.3 is 26.1 Å². The number of hydrogen-bond donors (Lipinski definition) is 4. The monoisotopic (exact) mass is 400 g/mol. The molecule has 1 unspecified atom stereocenters. The van der Waals surface area contributed by atoms with Crippen LogP contribution in [0.1, 0.15) is 47.0 Å². The summed E-state index contributed by atoms with van der Waals surface area (Å²) in [5, 5.41) is 6.21. The van der Waals surface area contributed by atoms with Crippen molar-refractivity contribution in [1.29, 1.82) is 0 Å². The van der Waals surface area contributed by atoms with E-state index in [9.17, 15) is 9.59 Å². The van der Waals surface area contributed by atoms with E-state index >= 15 is 0 Å². The smallest absolute Gasteiger partial charge is 0.407 e. The molecule has 5 N–H and O–H groups in total. The average molecular weight is 401 g/mol. The van der Waals surface area contributed by atoms with E-state index in [4.69, 9.17) is 10.5 Å². The average Bonchev–Trinajstić information content (AvgIpc) is 2.62. The Hall–Kier alpha value is -2.96. The van der Waals surface area contributed by atoms with Gasteiger partial charge in [0, 0.05) is 29.9 Å². The second-order valence-electron chi connectivity index (χ2n) is 8.15. The van der Waals surface area contributed by atoms with Gasteiger partial charge in [-0.1, -0.05) is 12.1 Å². The number of nitrogens with one attached hydrogen (secondary N) is 3. The molecular formula is C22H32N4O3. The minimum absolute atomic E-state index is 0.151. The number of nitrogens with two attached hydrogens (primary N) is 1. The minimum atomic E-state index is -0.490. The van der Waals surface area contributed by atoms with Gasteiger partial charge in [-0.3, -0.25) is 4.79 Å². The highest BCUT2D eigenvalue weighted by Crippen LogP contribution is 2.31. The highest BCUT2D eigenvalue weighted by atomic mass is 16.6. The largest absolute Gasteiger partial charge is 0.444 e. The Labute approximate surface area is 172 Å². The predicted molar refractivity (Wildman–Crippen MR) is 118 cm³/mol. The first-order valence-corrected chi connectivity index (χ1v) is 9.97. The van der Waals surface area contributed by atoms with Gasteiger partial charge in [0.1, 0.15) is 5.60 Å². The molecule has 0 aliphatic rings. The van der Waals surface area contributed by atoms with Gasteiger partial charge in [-0.25, -0.2) is 4.79 Å². The maximum Gasteiger partial charge on any atom is 0.407 e. The van der Waals surface area contributed by atoms with Crippen molar-refractivity contribution in [2.24, 2.45) is 0 Å². The van der Waals surface area contributed by atoms with E-state index in [1.165, 1.54) is 0 Å². The van der Waals surface area contributed by atoms with Crippen LogP contribution in [0.2, 0.25) is 0 Å². The Balaban J connectivity index is 1.89. The maximum absolute atomic E-state index is 12.2. The number of benzene rings is 1. The van der Waals surface area contributed by atoms with Gasteiger partial charge in [0.2, 0.25) is 0 Å². The van der Waals surface area contributed by atoms with Gasteiger partial charge >= 0.3 is 6.09 Å². The lowest BCUT2D eigenvalue weighted by Crippen LogP contribution is -2.33. The van der Waals surface area contributed by atoms with Crippen molar-refractivity contribution in [2.45, 2.75) is 58.6 Å². The molecule has 0 bridgehead atoms. The summed E-state index contributed by atoms with van der Waals surface area (Å²) in [4.78, 5) is 26.5. The second-order valence-corrected chi connectivity index (χ2v) is 8.15. The molecule has 0 aliphatic heterocycles. The van der Waals surface area contributed by atoms with E-state index in [2.05, 4.69) is 22.5 Å². The van der Waals surface area contributed by atoms with Crippen molar-refractivity contribution in [3.05, 3.63) is 46.9 Å². The fourth-order valence-corrected chi connectivity index (χ4v) is 2.99. The van der Waals surface area contributed by atoms with Crippen molar-refractivity contribution in [1.82, 2.24) is 10.3 Å². The van der Waals surface area contributed by atoms with Gasteiger partial charge in [0.15, 0.2) is 0 Å². The normalized spacial score (nSPS) is 12.3. The summed E-state index contributed by atoms with van der Waals surface area (Å²) >= 11 is 0. The van der Waals surface area contributed by atoms with E-state index < -0.39 is 11.7 Å². The molecule has 2 aromatic rings. The number of amides is 1. The SMILES string of the molecule is CC(CCCCNC(=O)OC(C)(C)C)Nc1c(N)cccc1-c1ccc[nH]c1=O. The molecule has 158 valence electrons. The van der Waals surface area contributed by atoms with Gasteiger partial charge in [-0.15, -0.1) is 0 Å². The molecule has 0 aliphatic carbocycles. The van der Waals surface area contributed by atoms with Crippen molar-refractivity contribution >= 4 is 17.5 Å². The van der Waals surface area contributed by atoms with Crippen LogP contribution in [0.4, 0.5) is 16.2 Å². The molecule has 1 amide bonds. The van der Waals surface area contributed by atoms with Gasteiger partial charge in [-0.2, -0.15) is 0 Å². The number of unbranched alkanes of at least 4 members (excludes halogenated alkanes) is 1. The third-order valence-corrected chi connectivity index (χ3v) is 4.33. The third-order valence-electron chi connectivity index (χ3n) is 4.33. The number of aromatic amines is 1. The van der Waals surface area contributed by atoms with Crippen LogP contribution in [0.5, 0.6) is 0 Å². The molecule has 1 aromatic carbocycles. The number of aromatic nitrogens is 1. The zero-order chi connectivity index (χ0) is 21.4. The van der Waals surface area contributed by atoms with Crippen LogP contribution in [-0.2, 0) is 4.74 Å². The van der Waals surface area contributed by atoms with Crippen LogP contribution in [0.25, 0.3) is 11.1 Å². The molecule has 7 nitrogen and oxygen atoms in total. The highest BCUT2D eigenvalue weighted by Gasteiger charge is 2.16. The van der Waals surface area contributed by atoms with E-state index in [0.29, 0.717) is 17.8 Å². The third kappa shape index (κ3) is 7.18. The fraction of sp³-hybridized carbons (Fsp3) is 0.455. The molecule has 0 saturated carbocycles. The number of anilines is 2. The Bertz CT molecular complexity index is 871. The summed E-state index contributed by atoms with van der Waals surface area (Å²) in [5.74, 6) is 0. The Kier molecular flexibility index (Phi) is 7.70. The molecule has 0 saturated heterocycles. The summed E-state index contributed by atoms with van der Waals surface area (Å²) in [5.41, 5.74) is 8.27. The first-order valence-electron chi connectivity index (χ1n) is 9.97. The standard InChI is InChI=1S/C22H32N4O3/c1-15(9-5-6-13-25-21(28)29-22(2,3)4)26-19-16(10-7-12-18(19)23)17-11-8-14-24-20(17)27/h7-8,10-12,14-15,26H,5-6,9,13,23H2,1-4H3,(H,24,27)(H,25,28). The number of hydrogen-bond acceptors (Lipinski definition) is 5. The van der Waals surface area contributed by atoms with Crippen LogP contribution >= 0.6 is 0 Å². The topological polar surface area (TPSA) is 109 Å². The van der Waals surface area contributed by atoms with E-state index in [1.54, 1.807) is 18.3 Å². The van der Waals surface area contributed by atoms with E-state index in [-0.39, 0.29) is 11.6 Å². The first-order chi connectivity index (χ1) is 13.7. The zero-order valence-corrected chi connectivity index (χ0v) is 17.7. The number of para-hydroxylation sites is 1. The van der Waals surface area contributed by atoms with Crippen LogP contribution in [0.15, 0.2) is 41.3 Å². The predicted octanol–water partition coefficient (Wildman–Crippen LogP) is 4.12. The van der Waals surface area contributed by atoms with Gasteiger partial charge in [0.25, 0.3) is 5.56 Å². The molecule has 2 rings (SSSR count). The quantitative estimate of drug-likeness (QED) is 0.394. The Morgan fingerprint density at radius 1 is 1.17 bits per heavy atom. The fourth-order valence-electron chi connectivity index (χ4n) is 2.99. The number of pyridine rings is 1. The summed E-state index contributed by atoms with van der Waals surface area (Å²) in [6.45, 7) is 8.17. The number of rotatable bonds is 8. The zero-order valence-electron chi connectivity index (χ0n) is 17.7. The maximum atomic E-state index is 12.2. The molecule has 0 spiro atoms. The lowest BCUT2D eigenvalue weighted by molar-refractivity contribution is 0.0527. The van der Waals surface area contributed by atoms with Gasteiger partial charge in [-0.05, 0) is 65.2 Å². The first kappa shape index (κ1) is 22.3. The molecule has 29 heavy (non-hydrogen) atoms. The number of nitrogen functional groups attached to an aromatic ring is 1. The van der Waals surface area contributed by atoms with Crippen molar-refractivity contribution in [3.8, 4) is 11.1 Å². The van der Waals surface area contributed by atoms with Crippen molar-refractivity contribution < 1.29 is 9.53 Å². The Morgan fingerprint density at radius 2 is 1.90 bits per heavy atom. The molecule has 1 heterocycles. The van der Waals surface area contributed by atoms with Crippen molar-refractivity contribution in [3.63, 3.8) is 0 Å². The number of carbonyl (C=O) groups excluding carboxylic acids is 1. The number of ether oxygens (including phenoxy) is 1. The Morgan fingerprint density at radius 3 is 2.59 bits per heavy atom. The number of H-pyrrole nitrogens is 1. The lowest BCUT2D eigenvalue weighted by atomic mass is 10.0. The van der Waals surface area contributed by atoms with Crippen LogP contribution in [0.3, 0.4) is 0 Å². The molecule has 7 heteroatoms.